The van der Waals surface area contributed by atoms with Gasteiger partial charge in [0.1, 0.15) is 17.3 Å². The van der Waals surface area contributed by atoms with Crippen molar-refractivity contribution in [2.75, 3.05) is 31.2 Å². The van der Waals surface area contributed by atoms with Gasteiger partial charge in [-0.25, -0.2) is 9.37 Å². The first kappa shape index (κ1) is 15.2. The summed E-state index contributed by atoms with van der Waals surface area (Å²) in [6, 6.07) is 14.5. The molecular weight excluding hydrogens is 333 g/mol. The molecule has 0 radical (unpaired) electrons. The summed E-state index contributed by atoms with van der Waals surface area (Å²) >= 11 is 0. The van der Waals surface area contributed by atoms with Crippen molar-refractivity contribution in [3.05, 3.63) is 54.3 Å². The molecule has 1 saturated heterocycles. The predicted octanol–water partition coefficient (Wildman–Crippen LogP) is 2.92. The number of fused-ring (bicyclic) bond motifs is 3. The maximum absolute atomic E-state index is 14.3. The number of benzene rings is 2. The van der Waals surface area contributed by atoms with Crippen LogP contribution >= 0.6 is 0 Å². The number of nitrogens with zero attached hydrogens (tertiary/aromatic N) is 5. The summed E-state index contributed by atoms with van der Waals surface area (Å²) in [6.07, 6.45) is 0. The van der Waals surface area contributed by atoms with Gasteiger partial charge in [0.05, 0.1) is 18.7 Å². The zero-order valence-corrected chi connectivity index (χ0v) is 14.0. The third-order valence-corrected chi connectivity index (χ3v) is 4.67. The molecule has 6 nitrogen and oxygen atoms in total. The first-order valence-electron chi connectivity index (χ1n) is 8.55. The molecule has 2 aromatic heterocycles. The van der Waals surface area contributed by atoms with Crippen molar-refractivity contribution in [2.24, 2.45) is 0 Å². The van der Waals surface area contributed by atoms with Gasteiger partial charge in [-0.05, 0) is 24.3 Å². The van der Waals surface area contributed by atoms with Crippen LogP contribution in [0.1, 0.15) is 0 Å². The third kappa shape index (κ3) is 2.32. The molecule has 0 N–H and O–H groups in total. The van der Waals surface area contributed by atoms with Crippen molar-refractivity contribution < 1.29 is 9.13 Å². The van der Waals surface area contributed by atoms with Gasteiger partial charge in [-0.1, -0.05) is 29.5 Å². The number of hydrogen-bond acceptors (Lipinski definition) is 5. The normalized spacial score (nSPS) is 15.0. The number of rotatable bonds is 2. The van der Waals surface area contributed by atoms with Gasteiger partial charge in [-0.3, -0.25) is 0 Å². The van der Waals surface area contributed by atoms with Crippen molar-refractivity contribution >= 4 is 22.4 Å². The molecule has 0 spiro atoms. The van der Waals surface area contributed by atoms with Crippen molar-refractivity contribution in [1.82, 2.24) is 19.8 Å². The van der Waals surface area contributed by atoms with E-state index in [1.807, 2.05) is 24.3 Å². The van der Waals surface area contributed by atoms with Crippen LogP contribution in [0.15, 0.2) is 48.5 Å². The molecule has 0 amide bonds. The fourth-order valence-corrected chi connectivity index (χ4v) is 3.39. The highest BCUT2D eigenvalue weighted by molar-refractivity contribution is 5.93. The number of anilines is 1. The van der Waals surface area contributed by atoms with E-state index in [1.54, 1.807) is 22.7 Å². The van der Waals surface area contributed by atoms with E-state index >= 15 is 0 Å². The van der Waals surface area contributed by atoms with E-state index in [9.17, 15) is 4.39 Å². The zero-order valence-electron chi connectivity index (χ0n) is 14.0. The SMILES string of the molecule is Fc1ccccc1-c1nnn2c1nc(N1CCOCC1)c1ccccc12. The molecule has 0 unspecified atom stereocenters. The standard InChI is InChI=1S/C19H16FN5O/c20-15-7-3-1-5-13(15)17-19-21-18(24-9-11-26-12-10-24)14-6-2-4-8-16(14)25(19)23-22-17/h1-8H,9-12H2. The molecule has 5 rings (SSSR count). The Morgan fingerprint density at radius 2 is 1.73 bits per heavy atom. The number of ether oxygens (including phenoxy) is 1. The van der Waals surface area contributed by atoms with Gasteiger partial charge in [0, 0.05) is 24.0 Å². The van der Waals surface area contributed by atoms with Crippen molar-refractivity contribution in [3.8, 4) is 11.3 Å². The molecule has 3 heterocycles. The Morgan fingerprint density at radius 3 is 2.58 bits per heavy atom. The third-order valence-electron chi connectivity index (χ3n) is 4.67. The van der Waals surface area contributed by atoms with Crippen molar-refractivity contribution in [2.45, 2.75) is 0 Å². The first-order valence-corrected chi connectivity index (χ1v) is 8.55. The Balaban J connectivity index is 1.81. The molecule has 130 valence electrons. The lowest BCUT2D eigenvalue weighted by Crippen LogP contribution is -2.37. The Bertz CT molecular complexity index is 1100. The maximum Gasteiger partial charge on any atom is 0.186 e. The lowest BCUT2D eigenvalue weighted by Gasteiger charge is -2.28. The van der Waals surface area contributed by atoms with Crippen LogP contribution in [0.3, 0.4) is 0 Å². The minimum absolute atomic E-state index is 0.335. The van der Waals surface area contributed by atoms with Crippen LogP contribution in [0.2, 0.25) is 0 Å². The molecule has 7 heteroatoms. The topological polar surface area (TPSA) is 55.5 Å². The summed E-state index contributed by atoms with van der Waals surface area (Å²) in [5.41, 5.74) is 2.30. The number of aromatic nitrogens is 4. The highest BCUT2D eigenvalue weighted by Crippen LogP contribution is 2.31. The van der Waals surface area contributed by atoms with Crippen molar-refractivity contribution in [1.29, 1.82) is 0 Å². The average molecular weight is 349 g/mol. The molecule has 2 aromatic carbocycles. The summed E-state index contributed by atoms with van der Waals surface area (Å²) in [5, 5.41) is 9.47. The predicted molar refractivity (Wildman–Crippen MR) is 96.7 cm³/mol. The molecule has 26 heavy (non-hydrogen) atoms. The summed E-state index contributed by atoms with van der Waals surface area (Å²) in [5.74, 6) is 0.522. The van der Waals surface area contributed by atoms with Crippen LogP contribution in [-0.4, -0.2) is 46.1 Å². The summed E-state index contributed by atoms with van der Waals surface area (Å²) in [6.45, 7) is 2.87. The Hall–Kier alpha value is -3.06. The van der Waals surface area contributed by atoms with Crippen LogP contribution in [0, 0.1) is 5.82 Å². The highest BCUT2D eigenvalue weighted by atomic mass is 19.1. The van der Waals surface area contributed by atoms with Gasteiger partial charge in [0.15, 0.2) is 5.65 Å². The molecule has 4 aromatic rings. The number of para-hydroxylation sites is 1. The van der Waals surface area contributed by atoms with E-state index in [4.69, 9.17) is 9.72 Å². The maximum atomic E-state index is 14.3. The Labute approximate surface area is 148 Å². The Morgan fingerprint density at radius 1 is 0.962 bits per heavy atom. The molecule has 0 saturated carbocycles. The average Bonchev–Trinajstić information content (AvgIpc) is 3.12. The fourth-order valence-electron chi connectivity index (χ4n) is 3.39. The molecule has 1 fully saturated rings. The van der Waals surface area contributed by atoms with Gasteiger partial charge in [-0.15, -0.1) is 5.10 Å². The molecule has 0 aliphatic carbocycles. The van der Waals surface area contributed by atoms with Gasteiger partial charge in [0.25, 0.3) is 0 Å². The number of halogens is 1. The van der Waals surface area contributed by atoms with Crippen LogP contribution < -0.4 is 4.90 Å². The smallest absolute Gasteiger partial charge is 0.186 e. The lowest BCUT2D eigenvalue weighted by molar-refractivity contribution is 0.122. The van der Waals surface area contributed by atoms with E-state index in [0.717, 1.165) is 29.8 Å². The van der Waals surface area contributed by atoms with Crippen LogP contribution in [-0.2, 0) is 4.74 Å². The van der Waals surface area contributed by atoms with E-state index < -0.39 is 0 Å². The second-order valence-electron chi connectivity index (χ2n) is 6.21. The minimum atomic E-state index is -0.335. The second-order valence-corrected chi connectivity index (χ2v) is 6.21. The Kier molecular flexibility index (Phi) is 3.53. The van der Waals surface area contributed by atoms with Crippen LogP contribution in [0.4, 0.5) is 10.2 Å². The van der Waals surface area contributed by atoms with Gasteiger partial charge >= 0.3 is 0 Å². The lowest BCUT2D eigenvalue weighted by atomic mass is 10.1. The molecular formula is C19H16FN5O. The zero-order chi connectivity index (χ0) is 17.5. The number of morpholine rings is 1. The van der Waals surface area contributed by atoms with E-state index in [0.29, 0.717) is 30.1 Å². The molecule has 1 aliphatic heterocycles. The van der Waals surface area contributed by atoms with E-state index in [-0.39, 0.29) is 5.82 Å². The van der Waals surface area contributed by atoms with Gasteiger partial charge in [0.2, 0.25) is 0 Å². The molecule has 0 atom stereocenters. The van der Waals surface area contributed by atoms with Crippen molar-refractivity contribution in [3.63, 3.8) is 0 Å². The minimum Gasteiger partial charge on any atom is -0.378 e. The summed E-state index contributed by atoms with van der Waals surface area (Å²) in [7, 11) is 0. The number of hydrogen-bond donors (Lipinski definition) is 0. The molecule has 1 aliphatic rings. The largest absolute Gasteiger partial charge is 0.378 e. The van der Waals surface area contributed by atoms with E-state index in [2.05, 4.69) is 15.2 Å². The summed E-state index contributed by atoms with van der Waals surface area (Å²) in [4.78, 5) is 7.04. The first-order chi connectivity index (χ1) is 12.8. The fraction of sp³-hybridized carbons (Fsp3) is 0.211. The van der Waals surface area contributed by atoms with Crippen LogP contribution in [0.5, 0.6) is 0 Å². The summed E-state index contributed by atoms with van der Waals surface area (Å²) < 4.78 is 21.5. The second kappa shape index (κ2) is 6.03. The molecule has 0 bridgehead atoms. The van der Waals surface area contributed by atoms with Gasteiger partial charge in [-0.2, -0.15) is 4.52 Å². The quantitative estimate of drug-likeness (QED) is 0.557. The monoisotopic (exact) mass is 349 g/mol. The van der Waals surface area contributed by atoms with Gasteiger partial charge < -0.3 is 9.64 Å². The highest BCUT2D eigenvalue weighted by Gasteiger charge is 2.21. The van der Waals surface area contributed by atoms with Crippen LogP contribution in [0.25, 0.3) is 27.8 Å². The van der Waals surface area contributed by atoms with E-state index in [1.165, 1.54) is 6.07 Å².